The minimum absolute atomic E-state index is 0.107. The lowest BCUT2D eigenvalue weighted by Crippen LogP contribution is -2.52. The van der Waals surface area contributed by atoms with E-state index in [1.54, 1.807) is 11.5 Å². The van der Waals surface area contributed by atoms with Crippen LogP contribution in [0.4, 0.5) is 18.9 Å². The number of benzene rings is 2. The third-order valence-electron chi connectivity index (χ3n) is 10.1. The second-order valence-corrected chi connectivity index (χ2v) is 13.2. The molecule has 3 aliphatic heterocycles. The van der Waals surface area contributed by atoms with Gasteiger partial charge >= 0.3 is 5.97 Å². The Bertz CT molecular complexity index is 1740. The predicted octanol–water partition coefficient (Wildman–Crippen LogP) is 5.33. The monoisotopic (exact) mass is 650 g/mol. The molecular formula is C35H41F3N6O3. The van der Waals surface area contributed by atoms with E-state index < -0.39 is 24.6 Å². The molecule has 7 rings (SSSR count). The average molecular weight is 651 g/mol. The van der Waals surface area contributed by atoms with Gasteiger partial charge in [-0.05, 0) is 80.6 Å². The van der Waals surface area contributed by atoms with Crippen LogP contribution in [0.15, 0.2) is 42.9 Å². The number of halogens is 3. The van der Waals surface area contributed by atoms with Gasteiger partial charge in [0.2, 0.25) is 0 Å². The number of likely N-dealkylation sites (tertiary alicyclic amines) is 1. The van der Waals surface area contributed by atoms with Gasteiger partial charge in [-0.1, -0.05) is 12.1 Å². The number of esters is 1. The van der Waals surface area contributed by atoms with Gasteiger partial charge < -0.3 is 24.2 Å². The SMILES string of the molecule is CCOC(=O)C(c1ncn2c1C[C@@H](F)C2)n1cc2c(C(F)F)cc(-c3ccc(N4CC(CN5CCC(CO)CC5)C4)cc3)c(C)c2n1. The normalized spacial score (nSPS) is 19.8. The van der Waals surface area contributed by atoms with E-state index in [2.05, 4.69) is 14.8 Å². The fraction of sp³-hybridized carbons (Fsp3) is 0.514. The van der Waals surface area contributed by atoms with E-state index in [0.717, 1.165) is 56.8 Å². The van der Waals surface area contributed by atoms with Crippen LogP contribution in [0.2, 0.25) is 0 Å². The second-order valence-electron chi connectivity index (χ2n) is 13.2. The maximum Gasteiger partial charge on any atom is 0.337 e. The lowest BCUT2D eigenvalue weighted by atomic mass is 9.93. The van der Waals surface area contributed by atoms with Crippen molar-refractivity contribution >= 4 is 22.6 Å². The molecule has 47 heavy (non-hydrogen) atoms. The number of aliphatic hydroxyl groups is 1. The van der Waals surface area contributed by atoms with Crippen molar-refractivity contribution in [1.29, 1.82) is 0 Å². The van der Waals surface area contributed by atoms with Gasteiger partial charge in [0.15, 0.2) is 6.04 Å². The molecule has 0 spiro atoms. The Labute approximate surface area is 271 Å². The van der Waals surface area contributed by atoms with Gasteiger partial charge in [-0.2, -0.15) is 5.10 Å². The highest BCUT2D eigenvalue weighted by Crippen LogP contribution is 2.39. The number of carbonyl (C=O) groups excluding carboxylic acids is 1. The number of anilines is 1. The zero-order chi connectivity index (χ0) is 32.8. The number of alkyl halides is 3. The Morgan fingerprint density at radius 1 is 1.11 bits per heavy atom. The molecule has 5 heterocycles. The van der Waals surface area contributed by atoms with Crippen LogP contribution in [0, 0.1) is 18.8 Å². The minimum atomic E-state index is -2.77. The number of aromatic nitrogens is 4. The summed E-state index contributed by atoms with van der Waals surface area (Å²) >= 11 is 0. The molecule has 0 amide bonds. The summed E-state index contributed by atoms with van der Waals surface area (Å²) in [6.45, 7) is 9.21. The molecule has 1 unspecified atom stereocenters. The lowest BCUT2D eigenvalue weighted by Gasteiger charge is -2.44. The topological polar surface area (TPSA) is 88.7 Å². The van der Waals surface area contributed by atoms with Gasteiger partial charge in [0.25, 0.3) is 6.43 Å². The number of hydrogen-bond acceptors (Lipinski definition) is 7. The highest BCUT2D eigenvalue weighted by molar-refractivity contribution is 5.92. The summed E-state index contributed by atoms with van der Waals surface area (Å²) in [5.41, 5.74) is 4.35. The third kappa shape index (κ3) is 6.01. The van der Waals surface area contributed by atoms with Crippen molar-refractivity contribution in [3.63, 3.8) is 0 Å². The Morgan fingerprint density at radius 2 is 1.85 bits per heavy atom. The Kier molecular flexibility index (Phi) is 8.73. The number of fused-ring (bicyclic) bond motifs is 2. The van der Waals surface area contributed by atoms with Gasteiger partial charge in [0.05, 0.1) is 30.7 Å². The van der Waals surface area contributed by atoms with E-state index in [-0.39, 0.29) is 37.1 Å². The summed E-state index contributed by atoms with van der Waals surface area (Å²) in [5, 5.41) is 14.3. The molecule has 2 aromatic carbocycles. The number of piperidine rings is 1. The molecule has 0 aliphatic carbocycles. The molecule has 0 radical (unpaired) electrons. The molecule has 4 aromatic rings. The molecule has 12 heteroatoms. The summed E-state index contributed by atoms with van der Waals surface area (Å²) in [5.74, 6) is 0.417. The van der Waals surface area contributed by atoms with Crippen molar-refractivity contribution < 1.29 is 27.8 Å². The van der Waals surface area contributed by atoms with Gasteiger partial charge in [-0.3, -0.25) is 4.68 Å². The number of carbonyl (C=O) groups is 1. The van der Waals surface area contributed by atoms with E-state index in [4.69, 9.17) is 9.84 Å². The zero-order valence-electron chi connectivity index (χ0n) is 26.8. The average Bonchev–Trinajstić information content (AvgIpc) is 3.75. The number of aryl methyl sites for hydroxylation is 1. The Hall–Kier alpha value is -3.90. The second kappa shape index (κ2) is 13.0. The first-order valence-corrected chi connectivity index (χ1v) is 16.6. The van der Waals surface area contributed by atoms with Crippen LogP contribution in [-0.2, 0) is 22.5 Å². The molecule has 250 valence electrons. The number of ether oxygens (including phenoxy) is 1. The summed E-state index contributed by atoms with van der Waals surface area (Å²) in [6, 6.07) is 8.39. The molecule has 2 saturated heterocycles. The largest absolute Gasteiger partial charge is 0.464 e. The first kappa shape index (κ1) is 31.7. The van der Waals surface area contributed by atoms with E-state index in [1.165, 1.54) is 23.3 Å². The van der Waals surface area contributed by atoms with Crippen molar-refractivity contribution in [2.24, 2.45) is 11.8 Å². The highest BCUT2D eigenvalue weighted by atomic mass is 19.3. The molecule has 1 N–H and O–H groups in total. The summed E-state index contributed by atoms with van der Waals surface area (Å²) in [4.78, 5) is 22.5. The lowest BCUT2D eigenvalue weighted by molar-refractivity contribution is -0.146. The molecule has 0 bridgehead atoms. The summed E-state index contributed by atoms with van der Waals surface area (Å²) in [7, 11) is 0. The third-order valence-corrected chi connectivity index (χ3v) is 10.1. The van der Waals surface area contributed by atoms with Gasteiger partial charge in [0, 0.05) is 67.1 Å². The van der Waals surface area contributed by atoms with E-state index in [1.807, 2.05) is 31.2 Å². The molecule has 2 atom stereocenters. The number of imidazole rings is 1. The van der Waals surface area contributed by atoms with Crippen molar-refractivity contribution in [2.75, 3.05) is 50.8 Å². The number of hydrogen-bond donors (Lipinski definition) is 1. The maximum absolute atomic E-state index is 14.6. The van der Waals surface area contributed by atoms with E-state index in [9.17, 15) is 23.1 Å². The van der Waals surface area contributed by atoms with Crippen LogP contribution in [0.5, 0.6) is 0 Å². The minimum Gasteiger partial charge on any atom is -0.464 e. The number of nitrogens with zero attached hydrogens (tertiary/aromatic N) is 6. The maximum atomic E-state index is 14.6. The fourth-order valence-corrected chi connectivity index (χ4v) is 7.51. The van der Waals surface area contributed by atoms with Crippen molar-refractivity contribution in [3.05, 3.63) is 65.4 Å². The molecule has 2 fully saturated rings. The summed E-state index contributed by atoms with van der Waals surface area (Å²) in [6.07, 6.45) is 1.33. The predicted molar refractivity (Wildman–Crippen MR) is 172 cm³/mol. The van der Waals surface area contributed by atoms with Crippen molar-refractivity contribution in [1.82, 2.24) is 24.2 Å². The summed E-state index contributed by atoms with van der Waals surface area (Å²) < 4.78 is 51.8. The molecule has 9 nitrogen and oxygen atoms in total. The van der Waals surface area contributed by atoms with Crippen LogP contribution in [0.1, 0.15) is 54.7 Å². The van der Waals surface area contributed by atoms with E-state index >= 15 is 0 Å². The first-order chi connectivity index (χ1) is 22.7. The van der Waals surface area contributed by atoms with Gasteiger partial charge in [-0.25, -0.2) is 22.9 Å². The van der Waals surface area contributed by atoms with Crippen molar-refractivity contribution in [3.8, 4) is 11.1 Å². The van der Waals surface area contributed by atoms with E-state index in [0.29, 0.717) is 39.9 Å². The van der Waals surface area contributed by atoms with Gasteiger partial charge in [0.1, 0.15) is 6.17 Å². The zero-order valence-corrected chi connectivity index (χ0v) is 26.8. The smallest absolute Gasteiger partial charge is 0.337 e. The molecule has 3 aliphatic rings. The standard InChI is InChI=1S/C35H41F3N6O3/c1-3-47-35(46)33(32-30-12-25(36)17-43(30)20-39-32)44-18-29-28(34(37)38)13-27(21(2)31(29)40-44)24-4-6-26(7-5-24)42-15-23(16-42)14-41-10-8-22(19-45)9-11-41/h4-7,13,18,20,22-23,25,33-34,45H,3,8-12,14-17,19H2,1-2H3/t25-,33?/m1/s1. The Balaban J connectivity index is 1.14. The van der Waals surface area contributed by atoms with Crippen LogP contribution in [-0.4, -0.2) is 87.4 Å². The van der Waals surface area contributed by atoms with Crippen LogP contribution in [0.25, 0.3) is 22.0 Å². The Morgan fingerprint density at radius 3 is 2.53 bits per heavy atom. The van der Waals surface area contributed by atoms with Crippen LogP contribution >= 0.6 is 0 Å². The quantitative estimate of drug-likeness (QED) is 0.232. The van der Waals surface area contributed by atoms with Crippen LogP contribution in [0.3, 0.4) is 0 Å². The number of aliphatic hydroxyl groups excluding tert-OH is 1. The van der Waals surface area contributed by atoms with Crippen molar-refractivity contribution in [2.45, 2.75) is 58.3 Å². The molecular weight excluding hydrogens is 609 g/mol. The first-order valence-electron chi connectivity index (χ1n) is 16.6. The highest BCUT2D eigenvalue weighted by Gasteiger charge is 2.36. The molecule has 0 saturated carbocycles. The van der Waals surface area contributed by atoms with Crippen LogP contribution < -0.4 is 4.90 Å². The van der Waals surface area contributed by atoms with Gasteiger partial charge in [-0.15, -0.1) is 0 Å². The fourth-order valence-electron chi connectivity index (χ4n) is 7.51. The molecule has 2 aromatic heterocycles. The number of rotatable bonds is 10.